The smallest absolute Gasteiger partial charge is 0.266 e. The molecule has 0 saturated carbocycles. The van der Waals surface area contributed by atoms with Gasteiger partial charge in [0.15, 0.2) is 0 Å². The zero-order valence-electron chi connectivity index (χ0n) is 9.21. The standard InChI is InChI=1S/C10H19N3O/c1-4-5-9-8-10(14)13(11-9)7-6-12(2)3/h8,11H,4-7H2,1-3H3. The van der Waals surface area contributed by atoms with Crippen molar-refractivity contribution in [2.75, 3.05) is 20.6 Å². The Hall–Kier alpha value is -1.03. The van der Waals surface area contributed by atoms with Crippen LogP contribution in [0.25, 0.3) is 0 Å². The highest BCUT2D eigenvalue weighted by atomic mass is 16.1. The molecule has 14 heavy (non-hydrogen) atoms. The van der Waals surface area contributed by atoms with E-state index >= 15 is 0 Å². The number of rotatable bonds is 5. The zero-order valence-corrected chi connectivity index (χ0v) is 9.21. The van der Waals surface area contributed by atoms with Gasteiger partial charge in [-0.2, -0.15) is 0 Å². The van der Waals surface area contributed by atoms with Crippen LogP contribution in [-0.4, -0.2) is 35.3 Å². The summed E-state index contributed by atoms with van der Waals surface area (Å²) >= 11 is 0. The number of hydrogen-bond donors (Lipinski definition) is 1. The van der Waals surface area contributed by atoms with Gasteiger partial charge in [0.1, 0.15) is 0 Å². The summed E-state index contributed by atoms with van der Waals surface area (Å²) in [5, 5.41) is 3.12. The second-order valence-corrected chi connectivity index (χ2v) is 3.82. The number of hydrogen-bond acceptors (Lipinski definition) is 2. The molecule has 0 aromatic carbocycles. The maximum absolute atomic E-state index is 11.4. The lowest BCUT2D eigenvalue weighted by Crippen LogP contribution is -2.24. The molecule has 0 bridgehead atoms. The SMILES string of the molecule is CCCc1cc(=O)n(CCN(C)C)[nH]1. The van der Waals surface area contributed by atoms with Gasteiger partial charge < -0.3 is 4.90 Å². The van der Waals surface area contributed by atoms with E-state index in [1.54, 1.807) is 10.7 Å². The van der Waals surface area contributed by atoms with Crippen molar-refractivity contribution in [2.24, 2.45) is 0 Å². The van der Waals surface area contributed by atoms with Gasteiger partial charge in [0.2, 0.25) is 0 Å². The van der Waals surface area contributed by atoms with Gasteiger partial charge in [0.25, 0.3) is 5.56 Å². The molecule has 1 N–H and O–H groups in total. The Morgan fingerprint density at radius 3 is 2.79 bits per heavy atom. The van der Waals surface area contributed by atoms with Gasteiger partial charge in [-0.15, -0.1) is 0 Å². The Morgan fingerprint density at radius 2 is 2.21 bits per heavy atom. The summed E-state index contributed by atoms with van der Waals surface area (Å²) in [5.41, 5.74) is 1.12. The van der Waals surface area contributed by atoms with Crippen LogP contribution in [0.4, 0.5) is 0 Å². The Kier molecular flexibility index (Phi) is 3.95. The van der Waals surface area contributed by atoms with Crippen molar-refractivity contribution in [1.82, 2.24) is 14.7 Å². The lowest BCUT2D eigenvalue weighted by Gasteiger charge is -2.08. The monoisotopic (exact) mass is 197 g/mol. The van der Waals surface area contributed by atoms with Gasteiger partial charge in [-0.25, -0.2) is 0 Å². The summed E-state index contributed by atoms with van der Waals surface area (Å²) in [7, 11) is 4.00. The third-order valence-corrected chi connectivity index (χ3v) is 2.13. The molecule has 4 nitrogen and oxygen atoms in total. The zero-order chi connectivity index (χ0) is 10.6. The number of nitrogens with zero attached hydrogens (tertiary/aromatic N) is 2. The lowest BCUT2D eigenvalue weighted by molar-refractivity contribution is 0.369. The second-order valence-electron chi connectivity index (χ2n) is 3.82. The molecule has 0 unspecified atom stereocenters. The van der Waals surface area contributed by atoms with Crippen LogP contribution >= 0.6 is 0 Å². The highest BCUT2D eigenvalue weighted by Crippen LogP contribution is 1.95. The molecule has 1 heterocycles. The Morgan fingerprint density at radius 1 is 1.50 bits per heavy atom. The number of aryl methyl sites for hydroxylation is 1. The fourth-order valence-electron chi connectivity index (χ4n) is 1.35. The summed E-state index contributed by atoms with van der Waals surface area (Å²) in [6, 6.07) is 1.69. The van der Waals surface area contributed by atoms with E-state index in [4.69, 9.17) is 0 Å². The maximum Gasteiger partial charge on any atom is 0.266 e. The van der Waals surface area contributed by atoms with Crippen molar-refractivity contribution in [3.63, 3.8) is 0 Å². The largest absolute Gasteiger partial charge is 0.308 e. The van der Waals surface area contributed by atoms with Crippen LogP contribution in [0.2, 0.25) is 0 Å². The van der Waals surface area contributed by atoms with Crippen molar-refractivity contribution < 1.29 is 0 Å². The fraction of sp³-hybridized carbons (Fsp3) is 0.700. The number of aromatic nitrogens is 2. The summed E-state index contributed by atoms with van der Waals surface area (Å²) in [4.78, 5) is 13.5. The van der Waals surface area contributed by atoms with Crippen LogP contribution < -0.4 is 5.56 Å². The summed E-state index contributed by atoms with van der Waals surface area (Å²) in [6.45, 7) is 3.72. The number of H-pyrrole nitrogens is 1. The molecule has 0 aliphatic carbocycles. The van der Waals surface area contributed by atoms with E-state index in [2.05, 4.69) is 16.9 Å². The van der Waals surface area contributed by atoms with Crippen LogP contribution in [-0.2, 0) is 13.0 Å². The summed E-state index contributed by atoms with van der Waals surface area (Å²) in [5.74, 6) is 0. The van der Waals surface area contributed by atoms with Crippen LogP contribution in [0.1, 0.15) is 19.0 Å². The molecule has 0 amide bonds. The van der Waals surface area contributed by atoms with Gasteiger partial charge in [0.05, 0.1) is 6.54 Å². The van der Waals surface area contributed by atoms with Crippen molar-refractivity contribution in [3.05, 3.63) is 22.1 Å². The first-order valence-corrected chi connectivity index (χ1v) is 5.07. The minimum Gasteiger partial charge on any atom is -0.308 e. The Labute approximate surface area is 84.5 Å². The van der Waals surface area contributed by atoms with E-state index in [1.807, 2.05) is 14.1 Å². The Balaban J connectivity index is 2.63. The van der Waals surface area contributed by atoms with Crippen molar-refractivity contribution >= 4 is 0 Å². The average molecular weight is 197 g/mol. The van der Waals surface area contributed by atoms with Crippen LogP contribution in [0.3, 0.4) is 0 Å². The molecule has 1 aromatic heterocycles. The molecule has 0 fully saturated rings. The summed E-state index contributed by atoms with van der Waals surface area (Å²) < 4.78 is 1.67. The first kappa shape index (κ1) is 11.0. The topological polar surface area (TPSA) is 41.0 Å². The van der Waals surface area contributed by atoms with Gasteiger partial charge >= 0.3 is 0 Å². The molecule has 0 atom stereocenters. The Bertz CT molecular complexity index is 324. The molecule has 0 saturated heterocycles. The molecule has 1 rings (SSSR count). The lowest BCUT2D eigenvalue weighted by atomic mass is 10.3. The van der Waals surface area contributed by atoms with Crippen molar-refractivity contribution in [2.45, 2.75) is 26.3 Å². The van der Waals surface area contributed by atoms with E-state index in [1.165, 1.54) is 0 Å². The van der Waals surface area contributed by atoms with Crippen LogP contribution in [0, 0.1) is 0 Å². The molecule has 1 aromatic rings. The van der Waals surface area contributed by atoms with Gasteiger partial charge in [0, 0.05) is 18.3 Å². The molecule has 0 radical (unpaired) electrons. The predicted molar refractivity (Wildman–Crippen MR) is 57.6 cm³/mol. The highest BCUT2D eigenvalue weighted by molar-refractivity contribution is 4.99. The molecule has 0 aliphatic heterocycles. The van der Waals surface area contributed by atoms with Crippen molar-refractivity contribution in [3.8, 4) is 0 Å². The molecular weight excluding hydrogens is 178 g/mol. The van der Waals surface area contributed by atoms with Gasteiger partial charge in [-0.3, -0.25) is 14.6 Å². The van der Waals surface area contributed by atoms with E-state index in [0.717, 1.165) is 31.6 Å². The first-order chi connectivity index (χ1) is 6.63. The molecule has 0 aliphatic rings. The van der Waals surface area contributed by atoms with E-state index in [9.17, 15) is 4.79 Å². The second kappa shape index (κ2) is 5.00. The van der Waals surface area contributed by atoms with Gasteiger partial charge in [-0.05, 0) is 20.5 Å². The third kappa shape index (κ3) is 3.03. The normalized spacial score (nSPS) is 11.1. The van der Waals surface area contributed by atoms with Gasteiger partial charge in [-0.1, -0.05) is 13.3 Å². The molecular formula is C10H19N3O. The van der Waals surface area contributed by atoms with Crippen molar-refractivity contribution in [1.29, 1.82) is 0 Å². The average Bonchev–Trinajstić information content (AvgIpc) is 2.44. The quantitative estimate of drug-likeness (QED) is 0.754. The molecule has 80 valence electrons. The number of aromatic amines is 1. The van der Waals surface area contributed by atoms with E-state index < -0.39 is 0 Å². The fourth-order valence-corrected chi connectivity index (χ4v) is 1.35. The highest BCUT2D eigenvalue weighted by Gasteiger charge is 2.01. The molecule has 0 spiro atoms. The molecule has 4 heteroatoms. The van der Waals surface area contributed by atoms with E-state index in [0.29, 0.717) is 0 Å². The van der Waals surface area contributed by atoms with Crippen LogP contribution in [0.5, 0.6) is 0 Å². The summed E-state index contributed by atoms with van der Waals surface area (Å²) in [6.07, 6.45) is 2.01. The minimum atomic E-state index is 0.0790. The number of nitrogens with one attached hydrogen (secondary N) is 1. The van der Waals surface area contributed by atoms with Crippen LogP contribution in [0.15, 0.2) is 10.9 Å². The first-order valence-electron chi connectivity index (χ1n) is 5.07. The van der Waals surface area contributed by atoms with E-state index in [-0.39, 0.29) is 5.56 Å². The number of likely N-dealkylation sites (N-methyl/N-ethyl adjacent to an activating group) is 1. The minimum absolute atomic E-state index is 0.0790. The predicted octanol–water partition coefficient (Wildman–Crippen LogP) is 0.690. The maximum atomic E-state index is 11.4. The third-order valence-electron chi connectivity index (χ3n) is 2.13.